The monoisotopic (exact) mass is 259 g/mol. The van der Waals surface area contributed by atoms with E-state index in [2.05, 4.69) is 10.6 Å². The highest BCUT2D eigenvalue weighted by Gasteiger charge is 2.23. The van der Waals surface area contributed by atoms with Gasteiger partial charge in [0.05, 0.1) is 0 Å². The van der Waals surface area contributed by atoms with Crippen molar-refractivity contribution in [2.45, 2.75) is 26.3 Å². The largest absolute Gasteiger partial charge is 0.480 e. The molecule has 0 saturated carbocycles. The van der Waals surface area contributed by atoms with Gasteiger partial charge in [0.1, 0.15) is 6.04 Å². The molecule has 0 aliphatic carbocycles. The van der Waals surface area contributed by atoms with Crippen molar-refractivity contribution >= 4 is 17.9 Å². The smallest absolute Gasteiger partial charge is 0.326 e. The molecule has 0 fully saturated rings. The Morgan fingerprint density at radius 1 is 1.22 bits per heavy atom. The molecule has 0 aromatic carbocycles. The summed E-state index contributed by atoms with van der Waals surface area (Å²) >= 11 is 0. The fourth-order valence-electron chi connectivity index (χ4n) is 1.21. The minimum absolute atomic E-state index is 0.103. The number of nitrogens with zero attached hydrogens (tertiary/aromatic N) is 1. The Hall–Kier alpha value is -1.79. The van der Waals surface area contributed by atoms with Crippen LogP contribution >= 0.6 is 0 Å². The fourth-order valence-corrected chi connectivity index (χ4v) is 1.21. The number of amides is 3. The maximum Gasteiger partial charge on any atom is 0.326 e. The van der Waals surface area contributed by atoms with Gasteiger partial charge >= 0.3 is 12.0 Å². The van der Waals surface area contributed by atoms with Crippen molar-refractivity contribution in [3.05, 3.63) is 0 Å². The Labute approximate surface area is 107 Å². The van der Waals surface area contributed by atoms with Gasteiger partial charge in [0, 0.05) is 27.1 Å². The summed E-state index contributed by atoms with van der Waals surface area (Å²) in [5.74, 6) is -1.39. The maximum atomic E-state index is 11.4. The number of carboxylic acid groups (broad SMARTS) is 1. The van der Waals surface area contributed by atoms with Crippen molar-refractivity contribution in [2.75, 3.05) is 20.6 Å². The number of rotatable bonds is 6. The third kappa shape index (κ3) is 6.07. The molecule has 0 spiro atoms. The summed E-state index contributed by atoms with van der Waals surface area (Å²) in [6.45, 7) is 3.58. The second-order valence-corrected chi connectivity index (χ2v) is 4.50. The Bertz CT molecular complexity index is 315. The van der Waals surface area contributed by atoms with Crippen molar-refractivity contribution in [1.29, 1.82) is 0 Å². The van der Waals surface area contributed by atoms with E-state index in [9.17, 15) is 14.4 Å². The van der Waals surface area contributed by atoms with Gasteiger partial charge in [-0.2, -0.15) is 0 Å². The number of carbonyl (C=O) groups excluding carboxylic acids is 2. The maximum absolute atomic E-state index is 11.4. The standard InChI is InChI=1S/C11H21N3O4/c1-7(2)9(10(16)17)13-11(18)12-6-5-8(15)14(3)4/h7,9H,5-6H2,1-4H3,(H,16,17)(H2,12,13,18). The molecule has 0 aliphatic rings. The quantitative estimate of drug-likeness (QED) is 0.619. The van der Waals surface area contributed by atoms with Crippen molar-refractivity contribution < 1.29 is 19.5 Å². The van der Waals surface area contributed by atoms with Gasteiger partial charge in [0.2, 0.25) is 5.91 Å². The summed E-state index contributed by atoms with van der Waals surface area (Å²) in [7, 11) is 3.25. The lowest BCUT2D eigenvalue weighted by Gasteiger charge is -2.18. The summed E-state index contributed by atoms with van der Waals surface area (Å²) in [4.78, 5) is 34.9. The van der Waals surface area contributed by atoms with Gasteiger partial charge in [0.15, 0.2) is 0 Å². The predicted molar refractivity (Wildman–Crippen MR) is 66.1 cm³/mol. The molecule has 104 valence electrons. The number of urea groups is 1. The minimum atomic E-state index is -1.08. The van der Waals surface area contributed by atoms with Gasteiger partial charge in [-0.3, -0.25) is 4.79 Å². The molecule has 3 N–H and O–H groups in total. The molecule has 0 radical (unpaired) electrons. The lowest BCUT2D eigenvalue weighted by molar-refractivity contribution is -0.140. The Morgan fingerprint density at radius 3 is 2.17 bits per heavy atom. The van der Waals surface area contributed by atoms with E-state index >= 15 is 0 Å². The van der Waals surface area contributed by atoms with Crippen LogP contribution < -0.4 is 10.6 Å². The first-order valence-corrected chi connectivity index (χ1v) is 5.73. The van der Waals surface area contributed by atoms with Crippen molar-refractivity contribution in [1.82, 2.24) is 15.5 Å². The van der Waals surface area contributed by atoms with Crippen LogP contribution in [0, 0.1) is 5.92 Å². The molecule has 0 aromatic heterocycles. The van der Waals surface area contributed by atoms with Crippen molar-refractivity contribution in [2.24, 2.45) is 5.92 Å². The predicted octanol–water partition coefficient (Wildman–Crippen LogP) is -0.127. The van der Waals surface area contributed by atoms with Gasteiger partial charge < -0.3 is 20.6 Å². The van der Waals surface area contributed by atoms with Crippen LogP contribution in [0.5, 0.6) is 0 Å². The molecule has 0 bridgehead atoms. The fraction of sp³-hybridized carbons (Fsp3) is 0.727. The zero-order valence-corrected chi connectivity index (χ0v) is 11.2. The lowest BCUT2D eigenvalue weighted by atomic mass is 10.1. The van der Waals surface area contributed by atoms with E-state index < -0.39 is 18.0 Å². The number of nitrogens with one attached hydrogen (secondary N) is 2. The number of hydrogen-bond acceptors (Lipinski definition) is 3. The van der Waals surface area contributed by atoms with E-state index in [1.165, 1.54) is 4.90 Å². The Kier molecular flexibility index (Phi) is 6.77. The molecule has 0 heterocycles. The second kappa shape index (κ2) is 7.52. The Morgan fingerprint density at radius 2 is 1.78 bits per heavy atom. The second-order valence-electron chi connectivity index (χ2n) is 4.50. The summed E-state index contributed by atoms with van der Waals surface area (Å²) in [6.07, 6.45) is 0.180. The van der Waals surface area contributed by atoms with Crippen molar-refractivity contribution in [3.8, 4) is 0 Å². The van der Waals surface area contributed by atoms with Crippen LogP contribution in [-0.2, 0) is 9.59 Å². The van der Waals surface area contributed by atoms with Gasteiger partial charge in [0.25, 0.3) is 0 Å². The molecule has 7 heteroatoms. The number of aliphatic carboxylic acids is 1. The average Bonchev–Trinajstić information content (AvgIpc) is 2.24. The lowest BCUT2D eigenvalue weighted by Crippen LogP contribution is -2.49. The van der Waals surface area contributed by atoms with Gasteiger partial charge in [-0.25, -0.2) is 9.59 Å². The zero-order chi connectivity index (χ0) is 14.3. The summed E-state index contributed by atoms with van der Waals surface area (Å²) in [6, 6.07) is -1.52. The van der Waals surface area contributed by atoms with E-state index in [1.54, 1.807) is 27.9 Å². The van der Waals surface area contributed by atoms with E-state index in [1.807, 2.05) is 0 Å². The minimum Gasteiger partial charge on any atom is -0.480 e. The van der Waals surface area contributed by atoms with Crippen LogP contribution in [0.2, 0.25) is 0 Å². The van der Waals surface area contributed by atoms with Crippen LogP contribution in [0.4, 0.5) is 4.79 Å². The van der Waals surface area contributed by atoms with Gasteiger partial charge in [-0.15, -0.1) is 0 Å². The molecule has 0 saturated heterocycles. The molecule has 0 rings (SSSR count). The molecule has 0 aromatic rings. The molecule has 18 heavy (non-hydrogen) atoms. The average molecular weight is 259 g/mol. The SMILES string of the molecule is CC(C)C(NC(=O)NCCC(=O)N(C)C)C(=O)O. The van der Waals surface area contributed by atoms with E-state index in [-0.39, 0.29) is 24.8 Å². The number of hydrogen-bond donors (Lipinski definition) is 3. The van der Waals surface area contributed by atoms with E-state index in [4.69, 9.17) is 5.11 Å². The topological polar surface area (TPSA) is 98.7 Å². The number of carboxylic acids is 1. The van der Waals surface area contributed by atoms with Gasteiger partial charge in [-0.05, 0) is 5.92 Å². The van der Waals surface area contributed by atoms with Gasteiger partial charge in [-0.1, -0.05) is 13.8 Å². The molecule has 3 amide bonds. The zero-order valence-electron chi connectivity index (χ0n) is 11.2. The molecule has 0 aliphatic heterocycles. The van der Waals surface area contributed by atoms with Crippen LogP contribution in [0.3, 0.4) is 0 Å². The molecule has 1 unspecified atom stereocenters. The summed E-state index contributed by atoms with van der Waals surface area (Å²) < 4.78 is 0. The third-order valence-electron chi connectivity index (χ3n) is 2.34. The highest BCUT2D eigenvalue weighted by atomic mass is 16.4. The normalized spacial score (nSPS) is 11.8. The highest BCUT2D eigenvalue weighted by molar-refractivity contribution is 5.83. The number of carbonyl (C=O) groups is 3. The van der Waals surface area contributed by atoms with Crippen LogP contribution in [0.25, 0.3) is 0 Å². The van der Waals surface area contributed by atoms with E-state index in [0.29, 0.717) is 0 Å². The summed E-state index contributed by atoms with van der Waals surface area (Å²) in [5.41, 5.74) is 0. The molecule has 1 atom stereocenters. The summed E-state index contributed by atoms with van der Waals surface area (Å²) in [5, 5.41) is 13.7. The molecular formula is C11H21N3O4. The third-order valence-corrected chi connectivity index (χ3v) is 2.34. The first kappa shape index (κ1) is 16.2. The van der Waals surface area contributed by atoms with E-state index in [0.717, 1.165) is 0 Å². The molecule has 7 nitrogen and oxygen atoms in total. The van der Waals surface area contributed by atoms with Crippen LogP contribution in [0.15, 0.2) is 0 Å². The first-order valence-electron chi connectivity index (χ1n) is 5.73. The highest BCUT2D eigenvalue weighted by Crippen LogP contribution is 2.01. The molecular weight excluding hydrogens is 238 g/mol. The van der Waals surface area contributed by atoms with Crippen LogP contribution in [-0.4, -0.2) is 54.6 Å². The Balaban J connectivity index is 4.04. The van der Waals surface area contributed by atoms with Crippen LogP contribution in [0.1, 0.15) is 20.3 Å². The first-order chi connectivity index (χ1) is 8.25. The van der Waals surface area contributed by atoms with Crippen molar-refractivity contribution in [3.63, 3.8) is 0 Å².